The molecule has 1 unspecified atom stereocenters. The Morgan fingerprint density at radius 2 is 0.857 bits per heavy atom. The van der Waals surface area contributed by atoms with Crippen molar-refractivity contribution in [3.8, 4) is 0 Å². The van der Waals surface area contributed by atoms with Gasteiger partial charge in [0.15, 0.2) is 0 Å². The summed E-state index contributed by atoms with van der Waals surface area (Å²) < 4.78 is 8.17. The van der Waals surface area contributed by atoms with Gasteiger partial charge in [0.1, 0.15) is 0 Å². The average molecular weight is 392 g/mol. The number of benzene rings is 3. The number of rotatable bonds is 4. The molecule has 0 radical (unpaired) electrons. The second kappa shape index (κ2) is 9.80. The lowest BCUT2D eigenvalue weighted by Crippen LogP contribution is -2.03. The molecule has 28 heavy (non-hydrogen) atoms. The van der Waals surface area contributed by atoms with Gasteiger partial charge in [-0.2, -0.15) is 0 Å². The molecule has 1 atom stereocenters. The lowest BCUT2D eigenvalue weighted by atomic mass is 9.88. The summed E-state index contributed by atoms with van der Waals surface area (Å²) >= 11 is 0. The second-order valence-corrected chi connectivity index (χ2v) is 7.88. The summed E-state index contributed by atoms with van der Waals surface area (Å²) in [5.74, 6) is 0. The molecule has 0 spiro atoms. The minimum Gasteiger partial charge on any atom is -0.0801 e. The molecule has 0 N–H and O–H groups in total. The van der Waals surface area contributed by atoms with Gasteiger partial charge in [-0.3, -0.25) is 0 Å². The van der Waals surface area contributed by atoms with Gasteiger partial charge in [0, 0.05) is 0 Å². The fourth-order valence-corrected chi connectivity index (χ4v) is 4.26. The van der Waals surface area contributed by atoms with Gasteiger partial charge in [-0.1, -0.05) is 64.2 Å². The van der Waals surface area contributed by atoms with E-state index in [2.05, 4.69) is 90.1 Å². The molecule has 3 aromatic rings. The van der Waals surface area contributed by atoms with Crippen molar-refractivity contribution in [1.29, 1.82) is 0 Å². The summed E-state index contributed by atoms with van der Waals surface area (Å²) in [6, 6.07) is 18.2. The molecule has 0 aliphatic rings. The summed E-state index contributed by atoms with van der Waals surface area (Å²) in [6.45, 7) is 13.3. The molecule has 2 heteroatoms. The molecule has 0 aliphatic heterocycles. The van der Waals surface area contributed by atoms with E-state index in [9.17, 15) is 0 Å². The maximum absolute atomic E-state index is 8.17. The van der Waals surface area contributed by atoms with E-state index in [-0.39, 0.29) is 0 Å². The Bertz CT molecular complexity index is 847. The SMILES string of the molecule is Cc1cc(C)c(Cc2ccccc2Cc2c(C)cc(C)cc2C)c(C)c1.O=[PH2+]. The smallest absolute Gasteiger partial charge is 0.0801 e. The molecule has 0 heterocycles. The van der Waals surface area contributed by atoms with E-state index in [0.717, 1.165) is 12.8 Å². The fraction of sp³-hybridized carbons (Fsp3) is 0.308. The molecular weight excluding hydrogens is 359 g/mol. The third kappa shape index (κ3) is 5.18. The van der Waals surface area contributed by atoms with Gasteiger partial charge < -0.3 is 0 Å². The highest BCUT2D eigenvalue weighted by Gasteiger charge is 2.11. The van der Waals surface area contributed by atoms with Crippen LogP contribution in [0.15, 0.2) is 48.5 Å². The molecular formula is C26H32OP+. The van der Waals surface area contributed by atoms with Crippen LogP contribution in [0.4, 0.5) is 0 Å². The van der Waals surface area contributed by atoms with Crippen molar-refractivity contribution in [2.45, 2.75) is 54.4 Å². The van der Waals surface area contributed by atoms with E-state index in [1.165, 1.54) is 64.8 Å². The van der Waals surface area contributed by atoms with Crippen molar-refractivity contribution in [3.05, 3.63) is 104 Å². The minimum atomic E-state index is 1.01. The first-order chi connectivity index (χ1) is 13.3. The van der Waals surface area contributed by atoms with Crippen LogP contribution < -0.4 is 0 Å². The summed E-state index contributed by atoms with van der Waals surface area (Å²) in [4.78, 5) is 0. The quantitative estimate of drug-likeness (QED) is 0.441. The fourth-order valence-electron chi connectivity index (χ4n) is 4.26. The Balaban J connectivity index is 0.00000136. The van der Waals surface area contributed by atoms with Crippen molar-refractivity contribution >= 4 is 9.12 Å². The van der Waals surface area contributed by atoms with E-state index < -0.39 is 0 Å². The van der Waals surface area contributed by atoms with E-state index in [4.69, 9.17) is 4.57 Å². The van der Waals surface area contributed by atoms with Crippen LogP contribution in [-0.2, 0) is 17.4 Å². The zero-order valence-electron chi connectivity index (χ0n) is 18.0. The van der Waals surface area contributed by atoms with Gasteiger partial charge in [0.25, 0.3) is 0 Å². The van der Waals surface area contributed by atoms with Crippen molar-refractivity contribution in [2.24, 2.45) is 0 Å². The van der Waals surface area contributed by atoms with Crippen molar-refractivity contribution in [2.75, 3.05) is 0 Å². The van der Waals surface area contributed by atoms with E-state index in [0.29, 0.717) is 0 Å². The van der Waals surface area contributed by atoms with E-state index >= 15 is 0 Å². The molecule has 0 amide bonds. The summed E-state index contributed by atoms with van der Waals surface area (Å²) in [6.07, 6.45) is 2.02. The predicted molar refractivity (Wildman–Crippen MR) is 124 cm³/mol. The van der Waals surface area contributed by atoms with Crippen LogP contribution in [0.2, 0.25) is 0 Å². The van der Waals surface area contributed by atoms with Crippen molar-refractivity contribution < 1.29 is 4.57 Å². The van der Waals surface area contributed by atoms with Gasteiger partial charge in [0.05, 0.1) is 0 Å². The molecule has 0 bridgehead atoms. The van der Waals surface area contributed by atoms with E-state index in [1.54, 1.807) is 0 Å². The number of hydrogen-bond acceptors (Lipinski definition) is 1. The average Bonchev–Trinajstić information content (AvgIpc) is 2.63. The van der Waals surface area contributed by atoms with Crippen LogP contribution in [0.25, 0.3) is 0 Å². The zero-order chi connectivity index (χ0) is 20.8. The molecule has 0 aliphatic carbocycles. The lowest BCUT2D eigenvalue weighted by Gasteiger charge is -2.17. The minimum absolute atomic E-state index is 1.01. The first kappa shape index (κ1) is 22.1. The summed E-state index contributed by atoms with van der Waals surface area (Å²) in [7, 11) is 1.17. The third-order valence-corrected chi connectivity index (χ3v) is 5.53. The monoisotopic (exact) mass is 391 g/mol. The molecule has 0 saturated heterocycles. The largest absolute Gasteiger partial charge is 0.310 e. The zero-order valence-corrected chi connectivity index (χ0v) is 19.2. The lowest BCUT2D eigenvalue weighted by molar-refractivity contribution is 0.607. The number of hydrogen-bond donors (Lipinski definition) is 0. The normalized spacial score (nSPS) is 10.4. The van der Waals surface area contributed by atoms with Crippen LogP contribution in [0.5, 0.6) is 0 Å². The van der Waals surface area contributed by atoms with Crippen LogP contribution in [0.3, 0.4) is 0 Å². The highest BCUT2D eigenvalue weighted by molar-refractivity contribution is 7.00. The van der Waals surface area contributed by atoms with Gasteiger partial charge in [-0.25, -0.2) is 0 Å². The Labute approximate surface area is 172 Å². The molecule has 3 rings (SSSR count). The van der Waals surface area contributed by atoms with Gasteiger partial charge in [-0.15, -0.1) is 0 Å². The van der Waals surface area contributed by atoms with Crippen molar-refractivity contribution in [1.82, 2.24) is 0 Å². The number of aryl methyl sites for hydroxylation is 6. The Morgan fingerprint density at radius 1 is 0.571 bits per heavy atom. The molecule has 3 aromatic carbocycles. The Hall–Kier alpha value is -2.24. The molecule has 146 valence electrons. The highest BCUT2D eigenvalue weighted by atomic mass is 31.0. The second-order valence-electron chi connectivity index (χ2n) is 7.88. The van der Waals surface area contributed by atoms with Crippen LogP contribution in [0.1, 0.15) is 55.6 Å². The molecule has 0 fully saturated rings. The van der Waals surface area contributed by atoms with Gasteiger partial charge in [-0.05, 0) is 98.9 Å². The maximum Gasteiger partial charge on any atom is 0.310 e. The van der Waals surface area contributed by atoms with Crippen LogP contribution in [0, 0.1) is 41.5 Å². The van der Waals surface area contributed by atoms with Crippen LogP contribution >= 0.6 is 9.12 Å². The Kier molecular flexibility index (Phi) is 7.72. The topological polar surface area (TPSA) is 17.1 Å². The summed E-state index contributed by atoms with van der Waals surface area (Å²) in [5.41, 5.74) is 14.1. The standard InChI is InChI=1S/C26H30.H2OP/c1-17-11-19(3)25(20(4)12-17)15-23-9-7-8-10-24(23)16-26-21(5)13-18(2)14-22(26)6;1-2/h7-14H,15-16H2,1-6H3;2H2/q;+1. The maximum atomic E-state index is 8.17. The van der Waals surface area contributed by atoms with Gasteiger partial charge in [0.2, 0.25) is 0 Å². The van der Waals surface area contributed by atoms with Crippen molar-refractivity contribution in [3.63, 3.8) is 0 Å². The highest BCUT2D eigenvalue weighted by Crippen LogP contribution is 2.25. The van der Waals surface area contributed by atoms with Gasteiger partial charge >= 0.3 is 9.12 Å². The molecule has 0 saturated carbocycles. The third-order valence-electron chi connectivity index (χ3n) is 5.53. The first-order valence-corrected chi connectivity index (χ1v) is 10.3. The summed E-state index contributed by atoms with van der Waals surface area (Å²) in [5, 5.41) is 0. The van der Waals surface area contributed by atoms with E-state index in [1.807, 2.05) is 0 Å². The van der Waals surface area contributed by atoms with Crippen LogP contribution in [-0.4, -0.2) is 0 Å². The molecule has 0 aromatic heterocycles. The first-order valence-electron chi connectivity index (χ1n) is 9.79. The Morgan fingerprint density at radius 3 is 1.14 bits per heavy atom. The predicted octanol–water partition coefficient (Wildman–Crippen LogP) is 6.93. The molecule has 1 nitrogen and oxygen atoms in total.